The topological polar surface area (TPSA) is 0 Å². The maximum absolute atomic E-state index is 2.52. The van der Waals surface area contributed by atoms with E-state index in [1.54, 1.807) is 5.57 Å². The molecule has 0 N–H and O–H groups in total. The van der Waals surface area contributed by atoms with Crippen LogP contribution in [-0.4, -0.2) is 0 Å². The molecule has 2 rings (SSSR count). The van der Waals surface area contributed by atoms with Crippen LogP contribution in [-0.2, 0) is 0 Å². The fourth-order valence-corrected chi connectivity index (χ4v) is 3.48. The third kappa shape index (κ3) is 1.18. The van der Waals surface area contributed by atoms with Gasteiger partial charge in [-0.1, -0.05) is 38.3 Å². The fraction of sp³-hybridized carbons (Fsp3) is 0.846. The SMILES string of the molecule is CC1=CCCC2(C)CCCCC12C. The molecule has 13 heavy (non-hydrogen) atoms. The summed E-state index contributed by atoms with van der Waals surface area (Å²) in [6, 6.07) is 0. The van der Waals surface area contributed by atoms with Gasteiger partial charge in [-0.25, -0.2) is 0 Å². The third-order valence-corrected chi connectivity index (χ3v) is 5.00. The first kappa shape index (κ1) is 9.30. The fourth-order valence-electron chi connectivity index (χ4n) is 3.48. The van der Waals surface area contributed by atoms with E-state index < -0.39 is 0 Å². The smallest absolute Gasteiger partial charge is 0.00653 e. The molecule has 0 heteroatoms. The van der Waals surface area contributed by atoms with E-state index >= 15 is 0 Å². The zero-order valence-electron chi connectivity index (χ0n) is 9.32. The Morgan fingerprint density at radius 1 is 1.08 bits per heavy atom. The van der Waals surface area contributed by atoms with Gasteiger partial charge < -0.3 is 0 Å². The highest BCUT2D eigenvalue weighted by molar-refractivity contribution is 5.20. The molecule has 2 aliphatic carbocycles. The van der Waals surface area contributed by atoms with Gasteiger partial charge in [-0.2, -0.15) is 0 Å². The largest absolute Gasteiger partial charge is 0.0850 e. The molecule has 0 spiro atoms. The third-order valence-electron chi connectivity index (χ3n) is 5.00. The monoisotopic (exact) mass is 178 g/mol. The summed E-state index contributed by atoms with van der Waals surface area (Å²) < 4.78 is 0. The van der Waals surface area contributed by atoms with Crippen LogP contribution in [0.15, 0.2) is 11.6 Å². The maximum atomic E-state index is 2.52. The highest BCUT2D eigenvalue weighted by Crippen LogP contribution is 2.58. The number of hydrogen-bond acceptors (Lipinski definition) is 0. The van der Waals surface area contributed by atoms with Crippen LogP contribution in [0.5, 0.6) is 0 Å². The summed E-state index contributed by atoms with van der Waals surface area (Å²) in [6.45, 7) is 7.36. The van der Waals surface area contributed by atoms with Gasteiger partial charge in [0, 0.05) is 0 Å². The first-order chi connectivity index (χ1) is 6.08. The van der Waals surface area contributed by atoms with Crippen molar-refractivity contribution in [3.63, 3.8) is 0 Å². The summed E-state index contributed by atoms with van der Waals surface area (Å²) in [7, 11) is 0. The predicted molar refractivity (Wildman–Crippen MR) is 57.7 cm³/mol. The minimum absolute atomic E-state index is 0.531. The Kier molecular flexibility index (Phi) is 2.05. The van der Waals surface area contributed by atoms with Gasteiger partial charge in [0.05, 0.1) is 0 Å². The van der Waals surface area contributed by atoms with Gasteiger partial charge >= 0.3 is 0 Å². The molecule has 0 bridgehead atoms. The summed E-state index contributed by atoms with van der Waals surface area (Å²) >= 11 is 0. The first-order valence-electron chi connectivity index (χ1n) is 5.76. The van der Waals surface area contributed by atoms with Crippen molar-refractivity contribution in [1.29, 1.82) is 0 Å². The summed E-state index contributed by atoms with van der Waals surface area (Å²) in [5.41, 5.74) is 2.81. The van der Waals surface area contributed by atoms with Crippen molar-refractivity contribution in [3.05, 3.63) is 11.6 Å². The Hall–Kier alpha value is -0.260. The van der Waals surface area contributed by atoms with Crippen LogP contribution < -0.4 is 0 Å². The van der Waals surface area contributed by atoms with Gasteiger partial charge in [-0.3, -0.25) is 0 Å². The summed E-state index contributed by atoms with van der Waals surface area (Å²) in [6.07, 6.45) is 11.0. The normalized spacial score (nSPS) is 45.3. The molecular weight excluding hydrogens is 156 g/mol. The molecule has 2 aliphatic rings. The van der Waals surface area contributed by atoms with Crippen LogP contribution in [0, 0.1) is 10.8 Å². The molecule has 0 heterocycles. The molecule has 0 aromatic heterocycles. The second-order valence-electron chi connectivity index (χ2n) is 5.53. The molecule has 0 aliphatic heterocycles. The first-order valence-corrected chi connectivity index (χ1v) is 5.76. The molecule has 0 saturated heterocycles. The number of rotatable bonds is 0. The van der Waals surface area contributed by atoms with Crippen molar-refractivity contribution in [1.82, 2.24) is 0 Å². The zero-order chi connectivity index (χ0) is 9.53. The minimum atomic E-state index is 0.531. The molecule has 0 aromatic carbocycles. The number of allylic oxidation sites excluding steroid dienone is 2. The maximum Gasteiger partial charge on any atom is -0.00653 e. The lowest BCUT2D eigenvalue weighted by atomic mass is 9.51. The molecule has 0 amide bonds. The Morgan fingerprint density at radius 3 is 2.46 bits per heavy atom. The van der Waals surface area contributed by atoms with Crippen molar-refractivity contribution in [3.8, 4) is 0 Å². The van der Waals surface area contributed by atoms with E-state index in [2.05, 4.69) is 26.8 Å². The van der Waals surface area contributed by atoms with Crippen molar-refractivity contribution in [2.24, 2.45) is 10.8 Å². The van der Waals surface area contributed by atoms with Gasteiger partial charge in [0.2, 0.25) is 0 Å². The Balaban J connectivity index is 2.38. The van der Waals surface area contributed by atoms with Crippen LogP contribution in [0.25, 0.3) is 0 Å². The molecule has 0 nitrogen and oxygen atoms in total. The standard InChI is InChI=1S/C13H22/c1-11-7-6-9-12(2)8-4-5-10-13(11,12)3/h7H,4-6,8-10H2,1-3H3. The van der Waals surface area contributed by atoms with Crippen LogP contribution >= 0.6 is 0 Å². The van der Waals surface area contributed by atoms with Gasteiger partial charge in [-0.05, 0) is 43.4 Å². The van der Waals surface area contributed by atoms with Crippen molar-refractivity contribution in [2.45, 2.75) is 59.3 Å². The molecule has 0 aromatic rings. The molecule has 0 radical (unpaired) electrons. The lowest BCUT2D eigenvalue weighted by Crippen LogP contribution is -2.43. The quantitative estimate of drug-likeness (QED) is 0.485. The highest BCUT2D eigenvalue weighted by atomic mass is 14.5. The van der Waals surface area contributed by atoms with E-state index in [0.717, 1.165) is 0 Å². The van der Waals surface area contributed by atoms with Gasteiger partial charge in [-0.15, -0.1) is 0 Å². The Labute approximate surface area is 82.4 Å². The average molecular weight is 178 g/mol. The van der Waals surface area contributed by atoms with Gasteiger partial charge in [0.25, 0.3) is 0 Å². The molecule has 2 atom stereocenters. The Morgan fingerprint density at radius 2 is 1.77 bits per heavy atom. The second kappa shape index (κ2) is 2.87. The predicted octanol–water partition coefficient (Wildman–Crippen LogP) is 4.31. The summed E-state index contributed by atoms with van der Waals surface area (Å²) in [5, 5.41) is 0. The molecule has 1 saturated carbocycles. The van der Waals surface area contributed by atoms with E-state index in [1.807, 2.05) is 0 Å². The highest BCUT2D eigenvalue weighted by Gasteiger charge is 2.47. The van der Waals surface area contributed by atoms with Crippen molar-refractivity contribution in [2.75, 3.05) is 0 Å². The number of hydrogen-bond donors (Lipinski definition) is 0. The van der Waals surface area contributed by atoms with Crippen molar-refractivity contribution >= 4 is 0 Å². The number of fused-ring (bicyclic) bond motifs is 1. The lowest BCUT2D eigenvalue weighted by Gasteiger charge is -2.53. The van der Waals surface area contributed by atoms with E-state index in [1.165, 1.54) is 38.5 Å². The molecular formula is C13H22. The zero-order valence-corrected chi connectivity index (χ0v) is 9.32. The molecule has 1 fully saturated rings. The van der Waals surface area contributed by atoms with Gasteiger partial charge in [0.15, 0.2) is 0 Å². The summed E-state index contributed by atoms with van der Waals surface area (Å²) in [5.74, 6) is 0. The average Bonchev–Trinajstić information content (AvgIpc) is 2.09. The van der Waals surface area contributed by atoms with Crippen LogP contribution in [0.2, 0.25) is 0 Å². The van der Waals surface area contributed by atoms with E-state index in [9.17, 15) is 0 Å². The van der Waals surface area contributed by atoms with E-state index in [4.69, 9.17) is 0 Å². The second-order valence-corrected chi connectivity index (χ2v) is 5.53. The summed E-state index contributed by atoms with van der Waals surface area (Å²) in [4.78, 5) is 0. The molecule has 2 unspecified atom stereocenters. The van der Waals surface area contributed by atoms with Crippen LogP contribution in [0.3, 0.4) is 0 Å². The van der Waals surface area contributed by atoms with Crippen molar-refractivity contribution < 1.29 is 0 Å². The Bertz CT molecular complexity index is 238. The van der Waals surface area contributed by atoms with E-state index in [0.29, 0.717) is 10.8 Å². The lowest BCUT2D eigenvalue weighted by molar-refractivity contribution is 0.0328. The van der Waals surface area contributed by atoms with Gasteiger partial charge in [0.1, 0.15) is 0 Å². The van der Waals surface area contributed by atoms with E-state index in [-0.39, 0.29) is 0 Å². The minimum Gasteiger partial charge on any atom is -0.0850 e. The van der Waals surface area contributed by atoms with Crippen LogP contribution in [0.1, 0.15) is 59.3 Å². The molecule has 74 valence electrons. The van der Waals surface area contributed by atoms with Crippen LogP contribution in [0.4, 0.5) is 0 Å².